The van der Waals surface area contributed by atoms with Gasteiger partial charge in [-0.25, -0.2) is 8.42 Å². The van der Waals surface area contributed by atoms with E-state index in [0.29, 0.717) is 23.7 Å². The van der Waals surface area contributed by atoms with E-state index in [0.717, 1.165) is 22.0 Å². The van der Waals surface area contributed by atoms with Gasteiger partial charge in [-0.2, -0.15) is 0 Å². The van der Waals surface area contributed by atoms with Gasteiger partial charge in [0.1, 0.15) is 12.3 Å². The third-order valence-electron chi connectivity index (χ3n) is 4.97. The van der Waals surface area contributed by atoms with Crippen molar-refractivity contribution in [3.63, 3.8) is 0 Å². The quantitative estimate of drug-likeness (QED) is 0.373. The average molecular weight is 501 g/mol. The Labute approximate surface area is 206 Å². The number of nitrogens with zero attached hydrogens (tertiary/aromatic N) is 1. The fraction of sp³-hybridized carbons (Fsp3) is 0.269. The van der Waals surface area contributed by atoms with E-state index in [1.54, 1.807) is 30.3 Å². The number of sulfonamides is 1. The van der Waals surface area contributed by atoms with Crippen LogP contribution < -0.4 is 14.4 Å². The van der Waals surface area contributed by atoms with Crippen LogP contribution in [0.4, 0.5) is 5.69 Å². The van der Waals surface area contributed by atoms with Crippen LogP contribution in [0.25, 0.3) is 0 Å². The summed E-state index contributed by atoms with van der Waals surface area (Å²) in [6.45, 7) is 4.06. The first-order valence-corrected chi connectivity index (χ1v) is 12.9. The maximum Gasteiger partial charge on any atom is 0.264 e. The molecule has 0 saturated carbocycles. The van der Waals surface area contributed by atoms with Crippen molar-refractivity contribution >= 4 is 33.2 Å². The first-order chi connectivity index (χ1) is 16.3. The molecule has 1 amide bonds. The molecular weight excluding hydrogens is 472 g/mol. The van der Waals surface area contributed by atoms with E-state index in [1.165, 1.54) is 24.3 Å². The largest absolute Gasteiger partial charge is 0.491 e. The number of aryl methyl sites for hydroxylation is 1. The summed E-state index contributed by atoms with van der Waals surface area (Å²) in [6, 6.07) is 22.3. The first-order valence-electron chi connectivity index (χ1n) is 11.1. The van der Waals surface area contributed by atoms with Crippen LogP contribution in [0.1, 0.15) is 25.8 Å². The van der Waals surface area contributed by atoms with Gasteiger partial charge in [-0.15, -0.1) is 0 Å². The highest BCUT2D eigenvalue weighted by molar-refractivity contribution is 7.92. The lowest BCUT2D eigenvalue weighted by atomic mass is 10.1. The molecule has 0 fully saturated rings. The number of hydrogen-bond acceptors (Lipinski definition) is 4. The SMILES string of the molecule is CC(C)Oc1cccc(CCCNC(=O)CN(c2ccccc2)S(=O)(=O)c2ccc(Cl)cc2)c1. The number of benzene rings is 3. The second-order valence-corrected chi connectivity index (χ2v) is 10.4. The van der Waals surface area contributed by atoms with Crippen LogP contribution in [-0.4, -0.2) is 33.5 Å². The summed E-state index contributed by atoms with van der Waals surface area (Å²) in [5.74, 6) is 0.445. The number of hydrogen-bond donors (Lipinski definition) is 1. The molecule has 8 heteroatoms. The smallest absolute Gasteiger partial charge is 0.264 e. The van der Waals surface area contributed by atoms with Crippen LogP contribution in [0.15, 0.2) is 83.8 Å². The molecular formula is C26H29ClN2O4S. The van der Waals surface area contributed by atoms with Gasteiger partial charge in [-0.3, -0.25) is 9.10 Å². The number of carbonyl (C=O) groups excluding carboxylic acids is 1. The third kappa shape index (κ3) is 7.23. The summed E-state index contributed by atoms with van der Waals surface area (Å²) in [6.07, 6.45) is 1.58. The van der Waals surface area contributed by atoms with Gasteiger partial charge in [0.05, 0.1) is 16.7 Å². The van der Waals surface area contributed by atoms with Gasteiger partial charge in [0.2, 0.25) is 5.91 Å². The molecule has 0 aliphatic carbocycles. The van der Waals surface area contributed by atoms with Crippen molar-refractivity contribution in [3.8, 4) is 5.75 Å². The first kappa shape index (κ1) is 25.6. The van der Waals surface area contributed by atoms with Gasteiger partial charge in [0, 0.05) is 11.6 Å². The maximum absolute atomic E-state index is 13.3. The zero-order chi connectivity index (χ0) is 24.6. The Morgan fingerprint density at radius 1 is 1.00 bits per heavy atom. The summed E-state index contributed by atoms with van der Waals surface area (Å²) in [5.41, 5.74) is 1.53. The maximum atomic E-state index is 13.3. The fourth-order valence-electron chi connectivity index (χ4n) is 3.40. The molecule has 6 nitrogen and oxygen atoms in total. The summed E-state index contributed by atoms with van der Waals surface area (Å²) in [5, 5.41) is 3.27. The Kier molecular flexibility index (Phi) is 8.96. The van der Waals surface area contributed by atoms with Crippen molar-refractivity contribution in [2.45, 2.75) is 37.7 Å². The molecule has 0 saturated heterocycles. The minimum absolute atomic E-state index is 0.0667. The highest BCUT2D eigenvalue weighted by atomic mass is 35.5. The van der Waals surface area contributed by atoms with Crippen LogP contribution >= 0.6 is 11.6 Å². The van der Waals surface area contributed by atoms with Gasteiger partial charge in [-0.1, -0.05) is 41.9 Å². The lowest BCUT2D eigenvalue weighted by Gasteiger charge is -2.24. The van der Waals surface area contributed by atoms with Gasteiger partial charge in [0.15, 0.2) is 0 Å². The number of rotatable bonds is 11. The Morgan fingerprint density at radius 3 is 2.38 bits per heavy atom. The number of halogens is 1. The number of anilines is 1. The monoisotopic (exact) mass is 500 g/mol. The molecule has 0 aliphatic rings. The standard InChI is InChI=1S/C26H29ClN2O4S/c1-20(2)33-24-12-6-8-21(18-24)9-7-17-28-26(30)19-29(23-10-4-3-5-11-23)34(31,32)25-15-13-22(27)14-16-25/h3-6,8,10-16,18,20H,7,9,17,19H2,1-2H3,(H,28,30). The number of carbonyl (C=O) groups is 1. The van der Waals surface area contributed by atoms with Gasteiger partial charge in [-0.05, 0) is 80.8 Å². The summed E-state index contributed by atoms with van der Waals surface area (Å²) < 4.78 is 33.4. The lowest BCUT2D eigenvalue weighted by molar-refractivity contribution is -0.119. The highest BCUT2D eigenvalue weighted by Crippen LogP contribution is 2.24. The van der Waals surface area contributed by atoms with E-state index < -0.39 is 10.0 Å². The molecule has 3 aromatic carbocycles. The molecule has 3 rings (SSSR count). The van der Waals surface area contributed by atoms with E-state index >= 15 is 0 Å². The van der Waals surface area contributed by atoms with Crippen molar-refractivity contribution in [3.05, 3.63) is 89.4 Å². The van der Waals surface area contributed by atoms with Gasteiger partial charge >= 0.3 is 0 Å². The molecule has 0 unspecified atom stereocenters. The molecule has 0 heterocycles. The fourth-order valence-corrected chi connectivity index (χ4v) is 4.94. The number of para-hydroxylation sites is 1. The second kappa shape index (κ2) is 11.9. The molecule has 0 atom stereocenters. The van der Waals surface area contributed by atoms with E-state index in [2.05, 4.69) is 5.32 Å². The van der Waals surface area contributed by atoms with E-state index in [4.69, 9.17) is 16.3 Å². The predicted molar refractivity (Wildman–Crippen MR) is 136 cm³/mol. The van der Waals surface area contributed by atoms with Crippen LogP contribution in [0.5, 0.6) is 5.75 Å². The minimum Gasteiger partial charge on any atom is -0.491 e. The summed E-state index contributed by atoms with van der Waals surface area (Å²) >= 11 is 5.91. The van der Waals surface area contributed by atoms with Crippen LogP contribution in [0.2, 0.25) is 5.02 Å². The van der Waals surface area contributed by atoms with E-state index in [1.807, 2.05) is 38.1 Å². The zero-order valence-electron chi connectivity index (χ0n) is 19.3. The van der Waals surface area contributed by atoms with Crippen molar-refractivity contribution in [1.82, 2.24) is 5.32 Å². The van der Waals surface area contributed by atoms with Crippen molar-refractivity contribution in [1.29, 1.82) is 0 Å². The molecule has 0 bridgehead atoms. The zero-order valence-corrected chi connectivity index (χ0v) is 20.9. The average Bonchev–Trinajstić information content (AvgIpc) is 2.81. The normalized spacial score (nSPS) is 11.3. The minimum atomic E-state index is -3.95. The highest BCUT2D eigenvalue weighted by Gasteiger charge is 2.27. The number of ether oxygens (including phenoxy) is 1. The summed E-state index contributed by atoms with van der Waals surface area (Å²) in [7, 11) is -3.95. The number of nitrogens with one attached hydrogen (secondary N) is 1. The van der Waals surface area contributed by atoms with Crippen LogP contribution in [-0.2, 0) is 21.2 Å². The van der Waals surface area contributed by atoms with Gasteiger partial charge in [0.25, 0.3) is 10.0 Å². The molecule has 0 aliphatic heterocycles. The Morgan fingerprint density at radius 2 is 1.71 bits per heavy atom. The molecule has 0 radical (unpaired) electrons. The molecule has 180 valence electrons. The van der Waals surface area contributed by atoms with Crippen LogP contribution in [0, 0.1) is 0 Å². The molecule has 34 heavy (non-hydrogen) atoms. The molecule has 0 aromatic heterocycles. The van der Waals surface area contributed by atoms with E-state index in [-0.39, 0.29) is 23.5 Å². The molecule has 3 aromatic rings. The third-order valence-corrected chi connectivity index (χ3v) is 7.01. The Balaban J connectivity index is 1.62. The van der Waals surface area contributed by atoms with Crippen molar-refractivity contribution in [2.75, 3.05) is 17.4 Å². The Hall–Kier alpha value is -3.03. The topological polar surface area (TPSA) is 75.7 Å². The van der Waals surface area contributed by atoms with Crippen molar-refractivity contribution < 1.29 is 17.9 Å². The van der Waals surface area contributed by atoms with E-state index in [9.17, 15) is 13.2 Å². The number of amides is 1. The second-order valence-electron chi connectivity index (χ2n) is 8.07. The lowest BCUT2D eigenvalue weighted by Crippen LogP contribution is -2.41. The summed E-state index contributed by atoms with van der Waals surface area (Å²) in [4.78, 5) is 12.8. The Bertz CT molecular complexity index is 1180. The van der Waals surface area contributed by atoms with Gasteiger partial charge < -0.3 is 10.1 Å². The molecule has 1 N–H and O–H groups in total. The molecule has 0 spiro atoms. The predicted octanol–water partition coefficient (Wildman–Crippen LogP) is 5.07. The van der Waals surface area contributed by atoms with Crippen LogP contribution in [0.3, 0.4) is 0 Å². The van der Waals surface area contributed by atoms with Crippen molar-refractivity contribution in [2.24, 2.45) is 0 Å².